The molecule has 1 heterocycles. The highest BCUT2D eigenvalue weighted by molar-refractivity contribution is 5.99. The molecule has 2 aliphatic rings. The van der Waals surface area contributed by atoms with Gasteiger partial charge in [-0.05, 0) is 43.7 Å². The van der Waals surface area contributed by atoms with Crippen molar-refractivity contribution in [3.8, 4) is 0 Å². The Morgan fingerprint density at radius 3 is 2.75 bits per heavy atom. The van der Waals surface area contributed by atoms with Crippen LogP contribution in [-0.2, 0) is 6.54 Å². The molecule has 0 atom stereocenters. The number of hydrogen-bond acceptors (Lipinski definition) is 1. The molecular formula is C14H17NO. The molecule has 0 unspecified atom stereocenters. The first-order chi connectivity index (χ1) is 7.65. The van der Waals surface area contributed by atoms with E-state index in [-0.39, 0.29) is 5.91 Å². The number of aryl methyl sites for hydroxylation is 2. The zero-order chi connectivity index (χ0) is 11.3. The SMILES string of the molecule is Cc1cc(C)c2c(c1)CN(CC1CC1)C2=O. The van der Waals surface area contributed by atoms with E-state index in [1.54, 1.807) is 0 Å². The van der Waals surface area contributed by atoms with E-state index in [4.69, 9.17) is 0 Å². The lowest BCUT2D eigenvalue weighted by Crippen LogP contribution is -2.26. The quantitative estimate of drug-likeness (QED) is 0.742. The molecule has 0 saturated heterocycles. The van der Waals surface area contributed by atoms with Crippen molar-refractivity contribution in [2.24, 2.45) is 5.92 Å². The minimum atomic E-state index is 0.249. The number of hydrogen-bond donors (Lipinski definition) is 0. The molecular weight excluding hydrogens is 198 g/mol. The van der Waals surface area contributed by atoms with E-state index in [0.29, 0.717) is 0 Å². The number of carbonyl (C=O) groups is 1. The predicted molar refractivity (Wildman–Crippen MR) is 63.4 cm³/mol. The molecule has 0 bridgehead atoms. The molecule has 1 aromatic carbocycles. The van der Waals surface area contributed by atoms with E-state index < -0.39 is 0 Å². The Hall–Kier alpha value is -1.31. The average Bonchev–Trinajstić information content (AvgIpc) is 2.93. The van der Waals surface area contributed by atoms with Crippen LogP contribution in [-0.4, -0.2) is 17.4 Å². The molecule has 2 nitrogen and oxygen atoms in total. The van der Waals surface area contributed by atoms with Gasteiger partial charge in [0.15, 0.2) is 0 Å². The van der Waals surface area contributed by atoms with Gasteiger partial charge in [0, 0.05) is 18.7 Å². The Kier molecular flexibility index (Phi) is 2.06. The largest absolute Gasteiger partial charge is 0.334 e. The Morgan fingerprint density at radius 1 is 1.31 bits per heavy atom. The molecule has 1 saturated carbocycles. The molecule has 3 rings (SSSR count). The van der Waals surface area contributed by atoms with Gasteiger partial charge in [-0.3, -0.25) is 4.79 Å². The van der Waals surface area contributed by atoms with Crippen LogP contribution in [0.15, 0.2) is 12.1 Å². The van der Waals surface area contributed by atoms with Gasteiger partial charge in [0.25, 0.3) is 5.91 Å². The molecule has 1 amide bonds. The summed E-state index contributed by atoms with van der Waals surface area (Å²) in [5.41, 5.74) is 4.59. The molecule has 1 aliphatic heterocycles. The van der Waals surface area contributed by atoms with Crippen molar-refractivity contribution >= 4 is 5.91 Å². The third-order valence-corrected chi connectivity index (χ3v) is 3.60. The highest BCUT2D eigenvalue weighted by Gasteiger charge is 2.33. The summed E-state index contributed by atoms with van der Waals surface area (Å²) in [4.78, 5) is 14.2. The smallest absolute Gasteiger partial charge is 0.254 e. The Balaban J connectivity index is 1.93. The van der Waals surface area contributed by atoms with E-state index >= 15 is 0 Å². The molecule has 0 radical (unpaired) electrons. The normalized spacial score (nSPS) is 19.1. The highest BCUT2D eigenvalue weighted by Crippen LogP contribution is 2.34. The fourth-order valence-corrected chi connectivity index (χ4v) is 2.68. The standard InChI is InChI=1S/C14H17NO/c1-9-5-10(2)13-12(6-9)8-15(14(13)16)7-11-3-4-11/h5-6,11H,3-4,7-8H2,1-2H3. The lowest BCUT2D eigenvalue weighted by Gasteiger charge is -2.14. The number of carbonyl (C=O) groups excluding carboxylic acids is 1. The monoisotopic (exact) mass is 215 g/mol. The summed E-state index contributed by atoms with van der Waals surface area (Å²) in [6, 6.07) is 4.27. The molecule has 1 aliphatic carbocycles. The third-order valence-electron chi connectivity index (χ3n) is 3.60. The first kappa shape index (κ1) is 9.88. The molecule has 2 heteroatoms. The van der Waals surface area contributed by atoms with Gasteiger partial charge >= 0.3 is 0 Å². The van der Waals surface area contributed by atoms with Gasteiger partial charge in [0.1, 0.15) is 0 Å². The van der Waals surface area contributed by atoms with Crippen LogP contribution < -0.4 is 0 Å². The van der Waals surface area contributed by atoms with Gasteiger partial charge in [-0.25, -0.2) is 0 Å². The highest BCUT2D eigenvalue weighted by atomic mass is 16.2. The van der Waals surface area contributed by atoms with Crippen molar-refractivity contribution in [2.75, 3.05) is 6.54 Å². The predicted octanol–water partition coefficient (Wildman–Crippen LogP) is 2.67. The van der Waals surface area contributed by atoms with Gasteiger partial charge in [0.05, 0.1) is 0 Å². The van der Waals surface area contributed by atoms with Crippen molar-refractivity contribution in [1.82, 2.24) is 4.90 Å². The fourth-order valence-electron chi connectivity index (χ4n) is 2.68. The van der Waals surface area contributed by atoms with Crippen molar-refractivity contribution in [1.29, 1.82) is 0 Å². The van der Waals surface area contributed by atoms with Crippen molar-refractivity contribution in [3.05, 3.63) is 34.4 Å². The van der Waals surface area contributed by atoms with Crippen molar-refractivity contribution in [2.45, 2.75) is 33.2 Å². The van der Waals surface area contributed by atoms with Gasteiger partial charge in [-0.2, -0.15) is 0 Å². The summed E-state index contributed by atoms with van der Waals surface area (Å²) in [5, 5.41) is 0. The van der Waals surface area contributed by atoms with Crippen LogP contribution in [0.5, 0.6) is 0 Å². The number of nitrogens with zero attached hydrogens (tertiary/aromatic N) is 1. The van der Waals surface area contributed by atoms with Crippen LogP contribution >= 0.6 is 0 Å². The summed E-state index contributed by atoms with van der Waals surface area (Å²) >= 11 is 0. The second-order valence-corrected chi connectivity index (χ2v) is 5.24. The maximum atomic E-state index is 12.2. The van der Waals surface area contributed by atoms with E-state index in [2.05, 4.69) is 19.1 Å². The van der Waals surface area contributed by atoms with Crippen molar-refractivity contribution in [3.63, 3.8) is 0 Å². The molecule has 84 valence electrons. The Bertz CT molecular complexity index is 460. The summed E-state index contributed by atoms with van der Waals surface area (Å²) in [6.07, 6.45) is 2.61. The van der Waals surface area contributed by atoms with Crippen LogP contribution in [0.4, 0.5) is 0 Å². The molecule has 1 aromatic rings. The molecule has 0 aromatic heterocycles. The minimum absolute atomic E-state index is 0.249. The van der Waals surface area contributed by atoms with Gasteiger partial charge in [-0.15, -0.1) is 0 Å². The molecule has 0 N–H and O–H groups in total. The topological polar surface area (TPSA) is 20.3 Å². The van der Waals surface area contributed by atoms with Gasteiger partial charge in [0.2, 0.25) is 0 Å². The summed E-state index contributed by atoms with van der Waals surface area (Å²) in [5.74, 6) is 1.03. The van der Waals surface area contributed by atoms with E-state index in [1.807, 2.05) is 11.8 Å². The fraction of sp³-hybridized carbons (Fsp3) is 0.500. The average molecular weight is 215 g/mol. The summed E-state index contributed by atoms with van der Waals surface area (Å²) < 4.78 is 0. The lowest BCUT2D eigenvalue weighted by atomic mass is 10.0. The Labute approximate surface area is 96.3 Å². The third kappa shape index (κ3) is 1.53. The maximum absolute atomic E-state index is 12.2. The first-order valence-corrected chi connectivity index (χ1v) is 6.04. The summed E-state index contributed by atoms with van der Waals surface area (Å²) in [6.45, 7) is 5.94. The molecule has 0 spiro atoms. The second kappa shape index (κ2) is 3.34. The van der Waals surface area contributed by atoms with E-state index in [9.17, 15) is 4.79 Å². The van der Waals surface area contributed by atoms with Crippen LogP contribution in [0.3, 0.4) is 0 Å². The zero-order valence-electron chi connectivity index (χ0n) is 9.92. The van der Waals surface area contributed by atoms with Crippen molar-refractivity contribution < 1.29 is 4.79 Å². The van der Waals surface area contributed by atoms with Crippen LogP contribution in [0.25, 0.3) is 0 Å². The van der Waals surface area contributed by atoms with Crippen LogP contribution in [0.1, 0.15) is 39.9 Å². The van der Waals surface area contributed by atoms with E-state index in [0.717, 1.165) is 30.1 Å². The second-order valence-electron chi connectivity index (χ2n) is 5.24. The first-order valence-electron chi connectivity index (χ1n) is 6.04. The number of rotatable bonds is 2. The van der Waals surface area contributed by atoms with Gasteiger partial charge in [-0.1, -0.05) is 17.7 Å². The molecule has 16 heavy (non-hydrogen) atoms. The van der Waals surface area contributed by atoms with Gasteiger partial charge < -0.3 is 4.90 Å². The number of benzene rings is 1. The maximum Gasteiger partial charge on any atom is 0.254 e. The van der Waals surface area contributed by atoms with Crippen LogP contribution in [0.2, 0.25) is 0 Å². The van der Waals surface area contributed by atoms with Crippen LogP contribution in [0, 0.1) is 19.8 Å². The summed E-state index contributed by atoms with van der Waals surface area (Å²) in [7, 11) is 0. The number of fused-ring (bicyclic) bond motifs is 1. The van der Waals surface area contributed by atoms with E-state index in [1.165, 1.54) is 24.0 Å². The Morgan fingerprint density at radius 2 is 2.06 bits per heavy atom. The minimum Gasteiger partial charge on any atom is -0.334 e. The zero-order valence-corrected chi connectivity index (χ0v) is 9.92. The lowest BCUT2D eigenvalue weighted by molar-refractivity contribution is 0.0770. The molecule has 1 fully saturated rings. The number of amides is 1.